The van der Waals surface area contributed by atoms with E-state index in [-0.39, 0.29) is 16.9 Å². The molecule has 0 spiro atoms. The molecule has 28 heavy (non-hydrogen) atoms. The van der Waals surface area contributed by atoms with Gasteiger partial charge in [0.2, 0.25) is 23.7 Å². The van der Waals surface area contributed by atoms with E-state index in [1.807, 2.05) is 0 Å². The van der Waals surface area contributed by atoms with Gasteiger partial charge in [-0.05, 0) is 19.3 Å². The Hall–Kier alpha value is -2.72. The van der Waals surface area contributed by atoms with E-state index in [2.05, 4.69) is 30.2 Å². The minimum atomic E-state index is -0.299. The standard InChI is InChI=1S/C18H22N6O4/c1-26-18-9-17(10-18,11-18)14(25)23-15-19-8-13(22-15)28-12-6-20-16(21-7-12)24-2-4-27-5-3-24/h6-8H,2-5,9-11H2,1H3,(H2,19,22,23,25). The molecule has 0 radical (unpaired) electrons. The maximum absolute atomic E-state index is 12.5. The van der Waals surface area contributed by atoms with Crippen LogP contribution < -0.4 is 15.0 Å². The molecular weight excluding hydrogens is 364 g/mol. The van der Waals surface area contributed by atoms with Crippen LogP contribution in [0.1, 0.15) is 19.3 Å². The first-order chi connectivity index (χ1) is 13.6. The summed E-state index contributed by atoms with van der Waals surface area (Å²) in [6.45, 7) is 2.91. The molecule has 1 saturated heterocycles. The Kier molecular flexibility index (Phi) is 3.98. The van der Waals surface area contributed by atoms with Gasteiger partial charge in [-0.2, -0.15) is 0 Å². The lowest BCUT2D eigenvalue weighted by molar-refractivity contribution is -0.260. The molecule has 2 aromatic heterocycles. The zero-order chi connectivity index (χ0) is 19.2. The number of methoxy groups -OCH3 is 1. The smallest absolute Gasteiger partial charge is 0.233 e. The molecule has 1 aliphatic heterocycles. The zero-order valence-corrected chi connectivity index (χ0v) is 15.6. The van der Waals surface area contributed by atoms with Crippen LogP contribution in [0.3, 0.4) is 0 Å². The highest BCUT2D eigenvalue weighted by molar-refractivity contribution is 5.96. The number of morpholine rings is 1. The van der Waals surface area contributed by atoms with Crippen LogP contribution in [0, 0.1) is 5.41 Å². The molecule has 3 heterocycles. The highest BCUT2D eigenvalue weighted by Gasteiger charge is 2.72. The predicted molar refractivity (Wildman–Crippen MR) is 98.4 cm³/mol. The summed E-state index contributed by atoms with van der Waals surface area (Å²) in [6, 6.07) is 0. The molecule has 2 bridgehead atoms. The maximum Gasteiger partial charge on any atom is 0.233 e. The molecule has 148 valence electrons. The molecule has 1 amide bonds. The Morgan fingerprint density at radius 3 is 2.57 bits per heavy atom. The van der Waals surface area contributed by atoms with Gasteiger partial charge < -0.3 is 19.1 Å². The average Bonchev–Trinajstić information content (AvgIpc) is 3.08. The van der Waals surface area contributed by atoms with E-state index >= 15 is 0 Å². The van der Waals surface area contributed by atoms with Crippen molar-refractivity contribution >= 4 is 17.8 Å². The van der Waals surface area contributed by atoms with Crippen LogP contribution in [0.25, 0.3) is 0 Å². The average molecular weight is 386 g/mol. The van der Waals surface area contributed by atoms with Crippen molar-refractivity contribution < 1.29 is 19.0 Å². The molecule has 0 unspecified atom stereocenters. The number of hydrogen-bond acceptors (Lipinski definition) is 8. The fraction of sp³-hybridized carbons (Fsp3) is 0.556. The fourth-order valence-corrected chi connectivity index (χ4v) is 4.23. The Balaban J connectivity index is 1.17. The highest BCUT2D eigenvalue weighted by Crippen LogP contribution is 2.69. The van der Waals surface area contributed by atoms with Crippen LogP contribution >= 0.6 is 0 Å². The topological polar surface area (TPSA) is 114 Å². The summed E-state index contributed by atoms with van der Waals surface area (Å²) < 4.78 is 16.5. The summed E-state index contributed by atoms with van der Waals surface area (Å²) in [4.78, 5) is 30.3. The summed E-state index contributed by atoms with van der Waals surface area (Å²) in [5.41, 5.74) is -0.366. The third-order valence-electron chi connectivity index (χ3n) is 5.82. The van der Waals surface area contributed by atoms with Crippen LogP contribution in [0.4, 0.5) is 11.9 Å². The second-order valence-electron chi connectivity index (χ2n) is 7.67. The number of aromatic amines is 1. The third-order valence-corrected chi connectivity index (χ3v) is 5.82. The first-order valence-electron chi connectivity index (χ1n) is 9.34. The molecule has 0 aromatic carbocycles. The highest BCUT2D eigenvalue weighted by atomic mass is 16.5. The van der Waals surface area contributed by atoms with Crippen molar-refractivity contribution in [2.24, 2.45) is 5.41 Å². The van der Waals surface area contributed by atoms with Crippen molar-refractivity contribution in [1.82, 2.24) is 19.9 Å². The van der Waals surface area contributed by atoms with Crippen molar-refractivity contribution in [2.75, 3.05) is 43.6 Å². The molecular formula is C18H22N6O4. The number of ether oxygens (including phenoxy) is 3. The number of imidazole rings is 1. The van der Waals surface area contributed by atoms with E-state index in [1.54, 1.807) is 19.5 Å². The Labute approximate surface area is 161 Å². The number of carbonyl (C=O) groups excluding carboxylic acids is 1. The number of amides is 1. The van der Waals surface area contributed by atoms with E-state index in [9.17, 15) is 4.79 Å². The number of nitrogens with one attached hydrogen (secondary N) is 2. The molecule has 10 heteroatoms. The van der Waals surface area contributed by atoms with Gasteiger partial charge in [-0.1, -0.05) is 0 Å². The van der Waals surface area contributed by atoms with Crippen molar-refractivity contribution in [2.45, 2.75) is 24.9 Å². The van der Waals surface area contributed by atoms with Gasteiger partial charge in [0.1, 0.15) is 0 Å². The Morgan fingerprint density at radius 2 is 1.89 bits per heavy atom. The van der Waals surface area contributed by atoms with Gasteiger partial charge in [0.15, 0.2) is 5.75 Å². The molecule has 3 saturated carbocycles. The van der Waals surface area contributed by atoms with Crippen molar-refractivity contribution in [3.63, 3.8) is 0 Å². The molecule has 2 N–H and O–H groups in total. The summed E-state index contributed by atoms with van der Waals surface area (Å²) in [6.07, 6.45) is 7.08. The molecule has 4 aliphatic rings. The number of aromatic nitrogens is 4. The van der Waals surface area contributed by atoms with Gasteiger partial charge in [-0.15, -0.1) is 0 Å². The second-order valence-corrected chi connectivity index (χ2v) is 7.67. The van der Waals surface area contributed by atoms with E-state index in [0.29, 0.717) is 36.7 Å². The van der Waals surface area contributed by atoms with E-state index in [4.69, 9.17) is 14.2 Å². The monoisotopic (exact) mass is 386 g/mol. The summed E-state index contributed by atoms with van der Waals surface area (Å²) in [5, 5.41) is 2.83. The number of anilines is 2. The second kappa shape index (κ2) is 6.42. The maximum atomic E-state index is 12.5. The van der Waals surface area contributed by atoms with Gasteiger partial charge in [0.05, 0.1) is 42.8 Å². The Bertz CT molecular complexity index is 857. The lowest BCUT2D eigenvalue weighted by Gasteiger charge is -2.67. The van der Waals surface area contributed by atoms with E-state index < -0.39 is 0 Å². The predicted octanol–water partition coefficient (Wildman–Crippen LogP) is 1.34. The molecule has 6 rings (SSSR count). The molecule has 2 aromatic rings. The van der Waals surface area contributed by atoms with Gasteiger partial charge in [0, 0.05) is 20.2 Å². The van der Waals surface area contributed by atoms with Crippen molar-refractivity contribution in [3.05, 3.63) is 18.6 Å². The minimum Gasteiger partial charge on any atom is -0.436 e. The quantitative estimate of drug-likeness (QED) is 0.764. The SMILES string of the molecule is COC12CC(C(=O)Nc3ncc(Oc4cnc(N5CCOCC5)nc4)[nH]3)(C1)C2. The summed E-state index contributed by atoms with van der Waals surface area (Å²) in [7, 11) is 1.70. The molecule has 0 atom stereocenters. The van der Waals surface area contributed by atoms with Crippen LogP contribution in [-0.2, 0) is 14.3 Å². The minimum absolute atomic E-state index is 0.0227. The lowest BCUT2D eigenvalue weighted by atomic mass is 9.41. The van der Waals surface area contributed by atoms with Crippen LogP contribution in [0.15, 0.2) is 18.6 Å². The van der Waals surface area contributed by atoms with Crippen LogP contribution in [-0.4, -0.2) is 64.9 Å². The first kappa shape index (κ1) is 17.4. The van der Waals surface area contributed by atoms with Crippen LogP contribution in [0.5, 0.6) is 11.6 Å². The first-order valence-corrected chi connectivity index (χ1v) is 9.34. The van der Waals surface area contributed by atoms with Gasteiger partial charge in [0.25, 0.3) is 0 Å². The van der Waals surface area contributed by atoms with E-state index in [1.165, 1.54) is 6.20 Å². The summed E-state index contributed by atoms with van der Waals surface area (Å²) in [5.74, 6) is 1.89. The fourth-order valence-electron chi connectivity index (χ4n) is 4.23. The largest absolute Gasteiger partial charge is 0.436 e. The Morgan fingerprint density at radius 1 is 1.18 bits per heavy atom. The van der Waals surface area contributed by atoms with Gasteiger partial charge in [-0.25, -0.2) is 15.0 Å². The number of H-pyrrole nitrogens is 1. The van der Waals surface area contributed by atoms with Crippen LogP contribution in [0.2, 0.25) is 0 Å². The number of hydrogen-bond donors (Lipinski definition) is 2. The van der Waals surface area contributed by atoms with Gasteiger partial charge >= 0.3 is 0 Å². The van der Waals surface area contributed by atoms with Crippen molar-refractivity contribution in [3.8, 4) is 11.6 Å². The normalized spacial score (nSPS) is 28.2. The zero-order valence-electron chi connectivity index (χ0n) is 15.6. The summed E-state index contributed by atoms with van der Waals surface area (Å²) >= 11 is 0. The third kappa shape index (κ3) is 2.89. The van der Waals surface area contributed by atoms with Gasteiger partial charge in [-0.3, -0.25) is 15.1 Å². The van der Waals surface area contributed by atoms with Crippen molar-refractivity contribution in [1.29, 1.82) is 0 Å². The number of rotatable bonds is 6. The number of carbonyl (C=O) groups is 1. The lowest BCUT2D eigenvalue weighted by Crippen LogP contribution is -2.72. The molecule has 10 nitrogen and oxygen atoms in total. The number of nitrogens with zero attached hydrogens (tertiary/aromatic N) is 4. The van der Waals surface area contributed by atoms with E-state index in [0.717, 1.165) is 32.4 Å². The molecule has 4 fully saturated rings. The molecule has 3 aliphatic carbocycles.